The van der Waals surface area contributed by atoms with Crippen LogP contribution in [-0.2, 0) is 0 Å². The van der Waals surface area contributed by atoms with Crippen molar-refractivity contribution in [3.05, 3.63) is 29.6 Å². The molecule has 4 heteroatoms. The molecule has 108 valence electrons. The molecule has 0 aromatic carbocycles. The lowest BCUT2D eigenvalue weighted by atomic mass is 10.2. The Morgan fingerprint density at radius 3 is 2.70 bits per heavy atom. The molecule has 1 aromatic heterocycles. The topological polar surface area (TPSA) is 53.4 Å². The largest absolute Gasteiger partial charge is 0.395 e. The molecule has 20 heavy (non-hydrogen) atoms. The van der Waals surface area contributed by atoms with Crippen LogP contribution in [0.25, 0.3) is 0 Å². The highest BCUT2D eigenvalue weighted by Gasteiger charge is 2.18. The van der Waals surface area contributed by atoms with Crippen LogP contribution in [0.15, 0.2) is 18.3 Å². The third kappa shape index (κ3) is 4.67. The zero-order valence-electron chi connectivity index (χ0n) is 12.4. The minimum absolute atomic E-state index is 0.0447. The molecule has 1 aromatic rings. The molecule has 0 saturated carbocycles. The average Bonchev–Trinajstić information content (AvgIpc) is 2.45. The van der Waals surface area contributed by atoms with Gasteiger partial charge in [0.05, 0.1) is 6.61 Å². The summed E-state index contributed by atoms with van der Waals surface area (Å²) in [6.07, 6.45) is 2.97. The lowest BCUT2D eigenvalue weighted by Gasteiger charge is -2.25. The van der Waals surface area contributed by atoms with Gasteiger partial charge in [0, 0.05) is 30.8 Å². The van der Waals surface area contributed by atoms with Crippen LogP contribution in [0.5, 0.6) is 0 Å². The van der Waals surface area contributed by atoms with E-state index in [9.17, 15) is 4.79 Å². The number of carbonyl (C=O) groups excluding carboxylic acids is 1. The standard InChI is InChI=1S/C16H22N2O2/c1-4-10-18(13(2)3)16(20)15-9-8-14(12-17-15)7-5-6-11-19/h8-9,12-13,19H,4,6,10-11H2,1-3H3. The normalized spacial score (nSPS) is 10.1. The molecule has 1 heterocycles. The van der Waals surface area contributed by atoms with Gasteiger partial charge in [0.25, 0.3) is 5.91 Å². The molecule has 0 aliphatic rings. The Labute approximate surface area is 120 Å². The fraction of sp³-hybridized carbons (Fsp3) is 0.500. The van der Waals surface area contributed by atoms with Gasteiger partial charge in [0.15, 0.2) is 0 Å². The second-order valence-electron chi connectivity index (χ2n) is 4.80. The van der Waals surface area contributed by atoms with Crippen molar-refractivity contribution in [3.63, 3.8) is 0 Å². The van der Waals surface area contributed by atoms with Crippen molar-refractivity contribution in [3.8, 4) is 11.8 Å². The fourth-order valence-corrected chi connectivity index (χ4v) is 1.80. The Balaban J connectivity index is 2.82. The minimum atomic E-state index is -0.0447. The van der Waals surface area contributed by atoms with Crippen LogP contribution < -0.4 is 0 Å². The van der Waals surface area contributed by atoms with Crippen LogP contribution >= 0.6 is 0 Å². The summed E-state index contributed by atoms with van der Waals surface area (Å²) in [6, 6.07) is 3.65. The first-order valence-electron chi connectivity index (χ1n) is 6.96. The first-order chi connectivity index (χ1) is 9.60. The summed E-state index contributed by atoms with van der Waals surface area (Å²) in [5.74, 6) is 5.67. The van der Waals surface area contributed by atoms with E-state index in [0.29, 0.717) is 12.1 Å². The second kappa shape index (κ2) is 8.34. The maximum absolute atomic E-state index is 12.3. The Hall–Kier alpha value is -1.86. The summed E-state index contributed by atoms with van der Waals surface area (Å²) in [7, 11) is 0. The molecule has 0 unspecified atom stereocenters. The van der Waals surface area contributed by atoms with Crippen molar-refractivity contribution in [1.82, 2.24) is 9.88 Å². The van der Waals surface area contributed by atoms with Crippen LogP contribution in [0.3, 0.4) is 0 Å². The predicted molar refractivity (Wildman–Crippen MR) is 79.3 cm³/mol. The number of carbonyl (C=O) groups is 1. The van der Waals surface area contributed by atoms with Gasteiger partial charge in [0.2, 0.25) is 0 Å². The summed E-state index contributed by atoms with van der Waals surface area (Å²) in [4.78, 5) is 18.3. The van der Waals surface area contributed by atoms with Gasteiger partial charge in [0.1, 0.15) is 5.69 Å². The summed E-state index contributed by atoms with van der Waals surface area (Å²) in [5.41, 5.74) is 1.20. The molecule has 4 nitrogen and oxygen atoms in total. The van der Waals surface area contributed by atoms with Crippen molar-refractivity contribution >= 4 is 5.91 Å². The quantitative estimate of drug-likeness (QED) is 0.836. The lowest BCUT2D eigenvalue weighted by molar-refractivity contribution is 0.0700. The average molecular weight is 274 g/mol. The van der Waals surface area contributed by atoms with Gasteiger partial charge in [-0.1, -0.05) is 18.8 Å². The smallest absolute Gasteiger partial charge is 0.272 e. The Bertz CT molecular complexity index is 483. The van der Waals surface area contributed by atoms with E-state index in [4.69, 9.17) is 5.11 Å². The number of aromatic nitrogens is 1. The van der Waals surface area contributed by atoms with E-state index in [1.54, 1.807) is 18.3 Å². The lowest BCUT2D eigenvalue weighted by Crippen LogP contribution is -2.37. The molecule has 0 bridgehead atoms. The highest BCUT2D eigenvalue weighted by atomic mass is 16.2. The molecule has 1 rings (SSSR count). The van der Waals surface area contributed by atoms with E-state index < -0.39 is 0 Å². The van der Waals surface area contributed by atoms with Crippen molar-refractivity contribution in [2.75, 3.05) is 13.2 Å². The molecule has 1 amide bonds. The first-order valence-corrected chi connectivity index (χ1v) is 6.96. The van der Waals surface area contributed by atoms with Crippen molar-refractivity contribution in [2.24, 2.45) is 0 Å². The monoisotopic (exact) mass is 274 g/mol. The Kier molecular flexibility index (Phi) is 6.75. The van der Waals surface area contributed by atoms with Crippen LogP contribution in [-0.4, -0.2) is 40.1 Å². The van der Waals surface area contributed by atoms with Crippen LogP contribution in [0, 0.1) is 11.8 Å². The van der Waals surface area contributed by atoms with E-state index in [2.05, 4.69) is 23.7 Å². The summed E-state index contributed by atoms with van der Waals surface area (Å²) < 4.78 is 0. The summed E-state index contributed by atoms with van der Waals surface area (Å²) in [6.45, 7) is 6.84. The van der Waals surface area contributed by atoms with Crippen molar-refractivity contribution in [1.29, 1.82) is 0 Å². The molecule has 0 fully saturated rings. The third-order valence-electron chi connectivity index (χ3n) is 2.80. The Morgan fingerprint density at radius 1 is 1.45 bits per heavy atom. The number of aliphatic hydroxyl groups excluding tert-OH is 1. The zero-order chi connectivity index (χ0) is 15.0. The fourth-order valence-electron chi connectivity index (χ4n) is 1.80. The van der Waals surface area contributed by atoms with Gasteiger partial charge in [-0.2, -0.15) is 0 Å². The number of rotatable bonds is 5. The van der Waals surface area contributed by atoms with Gasteiger partial charge < -0.3 is 10.0 Å². The number of hydrogen-bond donors (Lipinski definition) is 1. The SMILES string of the molecule is CCCN(C(=O)c1ccc(C#CCCO)cn1)C(C)C. The van der Waals surface area contributed by atoms with Gasteiger partial charge in [-0.05, 0) is 32.4 Å². The highest BCUT2D eigenvalue weighted by molar-refractivity contribution is 5.92. The van der Waals surface area contributed by atoms with Gasteiger partial charge >= 0.3 is 0 Å². The molecule has 0 atom stereocenters. The number of aliphatic hydroxyl groups is 1. The van der Waals surface area contributed by atoms with Crippen LogP contribution in [0.1, 0.15) is 49.7 Å². The molecular weight excluding hydrogens is 252 g/mol. The van der Waals surface area contributed by atoms with Gasteiger partial charge in [-0.15, -0.1) is 0 Å². The maximum Gasteiger partial charge on any atom is 0.272 e. The maximum atomic E-state index is 12.3. The third-order valence-corrected chi connectivity index (χ3v) is 2.80. The van der Waals surface area contributed by atoms with Gasteiger partial charge in [-0.25, -0.2) is 4.98 Å². The Morgan fingerprint density at radius 2 is 2.20 bits per heavy atom. The second-order valence-corrected chi connectivity index (χ2v) is 4.80. The van der Waals surface area contributed by atoms with Crippen LogP contribution in [0.2, 0.25) is 0 Å². The molecule has 0 spiro atoms. The number of amides is 1. The minimum Gasteiger partial charge on any atom is -0.395 e. The molecule has 0 radical (unpaired) electrons. The number of nitrogens with zero attached hydrogens (tertiary/aromatic N) is 2. The van der Waals surface area contributed by atoms with Gasteiger partial charge in [-0.3, -0.25) is 4.79 Å². The van der Waals surface area contributed by atoms with E-state index in [1.807, 2.05) is 18.7 Å². The van der Waals surface area contributed by atoms with Crippen LogP contribution in [0.4, 0.5) is 0 Å². The summed E-state index contributed by atoms with van der Waals surface area (Å²) in [5, 5.41) is 8.66. The molecule has 0 saturated heterocycles. The molecule has 0 aliphatic heterocycles. The summed E-state index contributed by atoms with van der Waals surface area (Å²) >= 11 is 0. The molecule has 0 aliphatic carbocycles. The highest BCUT2D eigenvalue weighted by Crippen LogP contribution is 2.08. The molecule has 1 N–H and O–H groups in total. The number of hydrogen-bond acceptors (Lipinski definition) is 3. The zero-order valence-corrected chi connectivity index (χ0v) is 12.4. The van der Waals surface area contributed by atoms with E-state index in [0.717, 1.165) is 18.5 Å². The molecular formula is C16H22N2O2. The van der Waals surface area contributed by atoms with E-state index >= 15 is 0 Å². The van der Waals surface area contributed by atoms with E-state index in [1.165, 1.54) is 0 Å². The number of pyridine rings is 1. The van der Waals surface area contributed by atoms with Crippen molar-refractivity contribution in [2.45, 2.75) is 39.7 Å². The predicted octanol–water partition coefficient (Wildman–Crippen LogP) is 2.08. The van der Waals surface area contributed by atoms with Crippen molar-refractivity contribution < 1.29 is 9.90 Å². The van der Waals surface area contributed by atoms with E-state index in [-0.39, 0.29) is 18.6 Å². The first kappa shape index (κ1) is 16.2.